The number of nitrogens with one attached hydrogen (secondary N) is 1. The Morgan fingerprint density at radius 1 is 0.968 bits per heavy atom. The maximum Gasteiger partial charge on any atom is 0.265 e. The Bertz CT molecular complexity index is 892. The van der Waals surface area contributed by atoms with Gasteiger partial charge in [-0.05, 0) is 49.7 Å². The molecule has 1 atom stereocenters. The third kappa shape index (κ3) is 5.48. The van der Waals surface area contributed by atoms with Crippen molar-refractivity contribution in [2.75, 3.05) is 67.7 Å². The number of rotatable bonds is 6. The molecule has 0 bridgehead atoms. The average Bonchev–Trinajstić information content (AvgIpc) is 2.80. The number of carbonyl (C=O) groups excluding carboxylic acids is 1. The van der Waals surface area contributed by atoms with Gasteiger partial charge in [0.05, 0.1) is 37.8 Å². The monoisotopic (exact) mass is 425 g/mol. The molecule has 0 saturated carbocycles. The molecule has 7 heteroatoms. The number of anilines is 3. The fourth-order valence-corrected chi connectivity index (χ4v) is 3.89. The van der Waals surface area contributed by atoms with E-state index in [4.69, 9.17) is 14.2 Å². The highest BCUT2D eigenvalue weighted by molar-refractivity contribution is 5.97. The van der Waals surface area contributed by atoms with Gasteiger partial charge in [0, 0.05) is 31.9 Å². The number of hydrogen-bond donors (Lipinski definition) is 1. The maximum atomic E-state index is 12.9. The second-order valence-electron chi connectivity index (χ2n) is 7.97. The van der Waals surface area contributed by atoms with Gasteiger partial charge in [0.1, 0.15) is 5.75 Å². The van der Waals surface area contributed by atoms with Gasteiger partial charge in [-0.1, -0.05) is 12.1 Å². The fourth-order valence-electron chi connectivity index (χ4n) is 3.89. The molecule has 2 fully saturated rings. The molecule has 1 amide bonds. The SMILES string of the molecule is Cc1cccc(O[C@H](C)C(=O)Nc2ccc(N3CCOCC3)cc2N2CCOCC2)c1. The van der Waals surface area contributed by atoms with Gasteiger partial charge < -0.3 is 29.3 Å². The Balaban J connectivity index is 1.52. The summed E-state index contributed by atoms with van der Waals surface area (Å²) in [7, 11) is 0. The molecule has 1 N–H and O–H groups in total. The van der Waals surface area contributed by atoms with Crippen LogP contribution in [0.5, 0.6) is 5.75 Å². The molecule has 4 rings (SSSR count). The van der Waals surface area contributed by atoms with Crippen molar-refractivity contribution in [1.82, 2.24) is 0 Å². The van der Waals surface area contributed by atoms with Crippen molar-refractivity contribution in [1.29, 1.82) is 0 Å². The van der Waals surface area contributed by atoms with E-state index in [1.807, 2.05) is 37.3 Å². The molecule has 0 spiro atoms. The van der Waals surface area contributed by atoms with Gasteiger partial charge in [-0.3, -0.25) is 4.79 Å². The lowest BCUT2D eigenvalue weighted by molar-refractivity contribution is -0.122. The predicted molar refractivity (Wildman–Crippen MR) is 122 cm³/mol. The van der Waals surface area contributed by atoms with Gasteiger partial charge in [-0.25, -0.2) is 0 Å². The number of carbonyl (C=O) groups is 1. The average molecular weight is 426 g/mol. The Morgan fingerprint density at radius 2 is 1.65 bits per heavy atom. The minimum absolute atomic E-state index is 0.171. The van der Waals surface area contributed by atoms with Gasteiger partial charge in [0.25, 0.3) is 5.91 Å². The van der Waals surface area contributed by atoms with Gasteiger partial charge in [0.15, 0.2) is 6.10 Å². The molecular weight excluding hydrogens is 394 g/mol. The summed E-state index contributed by atoms with van der Waals surface area (Å²) in [4.78, 5) is 17.5. The zero-order chi connectivity index (χ0) is 21.6. The molecule has 2 aromatic rings. The van der Waals surface area contributed by atoms with E-state index < -0.39 is 6.10 Å². The second-order valence-corrected chi connectivity index (χ2v) is 7.97. The van der Waals surface area contributed by atoms with Crippen LogP contribution in [0, 0.1) is 6.92 Å². The molecule has 7 nitrogen and oxygen atoms in total. The zero-order valence-electron chi connectivity index (χ0n) is 18.3. The van der Waals surface area contributed by atoms with E-state index >= 15 is 0 Å². The quantitative estimate of drug-likeness (QED) is 0.768. The van der Waals surface area contributed by atoms with Crippen LogP contribution in [0.4, 0.5) is 17.1 Å². The number of nitrogens with zero attached hydrogens (tertiary/aromatic N) is 2. The van der Waals surface area contributed by atoms with Crippen LogP contribution < -0.4 is 19.9 Å². The molecule has 0 aliphatic carbocycles. The van der Waals surface area contributed by atoms with Crippen LogP contribution in [0.3, 0.4) is 0 Å². The molecule has 2 aliphatic rings. The lowest BCUT2D eigenvalue weighted by Crippen LogP contribution is -2.38. The number of amides is 1. The third-order valence-electron chi connectivity index (χ3n) is 5.64. The Hall–Kier alpha value is -2.77. The number of ether oxygens (including phenoxy) is 3. The zero-order valence-corrected chi connectivity index (χ0v) is 18.3. The molecular formula is C24H31N3O4. The first kappa shape index (κ1) is 21.5. The van der Waals surface area contributed by atoms with Crippen LogP contribution >= 0.6 is 0 Å². The molecule has 0 unspecified atom stereocenters. The highest BCUT2D eigenvalue weighted by Gasteiger charge is 2.22. The molecule has 0 aromatic heterocycles. The third-order valence-corrected chi connectivity index (χ3v) is 5.64. The van der Waals surface area contributed by atoms with Crippen molar-refractivity contribution in [2.45, 2.75) is 20.0 Å². The lowest BCUT2D eigenvalue weighted by atomic mass is 10.1. The summed E-state index contributed by atoms with van der Waals surface area (Å²) in [6.07, 6.45) is -0.613. The van der Waals surface area contributed by atoms with E-state index in [1.165, 1.54) is 0 Å². The van der Waals surface area contributed by atoms with E-state index in [0.717, 1.165) is 62.0 Å². The standard InChI is InChI=1S/C24H31N3O4/c1-18-4-3-5-21(16-18)31-19(2)24(28)25-22-7-6-20(26-8-12-29-13-9-26)17-23(22)27-10-14-30-15-11-27/h3-7,16-17,19H,8-15H2,1-2H3,(H,25,28)/t19-/m1/s1. The molecule has 31 heavy (non-hydrogen) atoms. The van der Waals surface area contributed by atoms with Crippen LogP contribution in [-0.2, 0) is 14.3 Å². The number of benzene rings is 2. The van der Waals surface area contributed by atoms with Gasteiger partial charge in [0.2, 0.25) is 0 Å². The highest BCUT2D eigenvalue weighted by atomic mass is 16.5. The topological polar surface area (TPSA) is 63.3 Å². The van der Waals surface area contributed by atoms with Crippen LogP contribution in [0.1, 0.15) is 12.5 Å². The first-order valence-corrected chi connectivity index (χ1v) is 10.9. The van der Waals surface area contributed by atoms with Crippen molar-refractivity contribution in [3.05, 3.63) is 48.0 Å². The summed E-state index contributed by atoms with van der Waals surface area (Å²) in [5, 5.41) is 3.08. The maximum absolute atomic E-state index is 12.9. The van der Waals surface area contributed by atoms with Crippen molar-refractivity contribution in [2.24, 2.45) is 0 Å². The highest BCUT2D eigenvalue weighted by Crippen LogP contribution is 2.32. The van der Waals surface area contributed by atoms with Crippen molar-refractivity contribution in [3.8, 4) is 5.75 Å². The normalized spacial score (nSPS) is 17.9. The number of aryl methyl sites for hydroxylation is 1. The number of morpholine rings is 2. The first-order valence-electron chi connectivity index (χ1n) is 10.9. The summed E-state index contributed by atoms with van der Waals surface area (Å²) >= 11 is 0. The summed E-state index contributed by atoms with van der Waals surface area (Å²) in [6, 6.07) is 14.0. The summed E-state index contributed by atoms with van der Waals surface area (Å²) in [6.45, 7) is 9.94. The van der Waals surface area contributed by atoms with Crippen molar-refractivity contribution >= 4 is 23.0 Å². The van der Waals surface area contributed by atoms with E-state index in [-0.39, 0.29) is 5.91 Å². The molecule has 166 valence electrons. The first-order chi connectivity index (χ1) is 15.1. The Morgan fingerprint density at radius 3 is 2.32 bits per heavy atom. The van der Waals surface area contributed by atoms with E-state index in [9.17, 15) is 4.79 Å². The molecule has 2 aliphatic heterocycles. The minimum Gasteiger partial charge on any atom is -0.481 e. The van der Waals surface area contributed by atoms with Gasteiger partial charge in [-0.2, -0.15) is 0 Å². The smallest absolute Gasteiger partial charge is 0.265 e. The molecule has 2 heterocycles. The molecule has 2 saturated heterocycles. The molecule has 0 radical (unpaired) electrons. The van der Waals surface area contributed by atoms with E-state index in [0.29, 0.717) is 19.0 Å². The lowest BCUT2D eigenvalue weighted by Gasteiger charge is -2.33. The van der Waals surface area contributed by atoms with Crippen LogP contribution in [0.15, 0.2) is 42.5 Å². The predicted octanol–water partition coefficient (Wildman–Crippen LogP) is 3.07. The van der Waals surface area contributed by atoms with Crippen molar-refractivity contribution in [3.63, 3.8) is 0 Å². The van der Waals surface area contributed by atoms with Crippen LogP contribution in [0.25, 0.3) is 0 Å². The second kappa shape index (κ2) is 10.0. The number of hydrogen-bond acceptors (Lipinski definition) is 6. The van der Waals surface area contributed by atoms with Gasteiger partial charge in [-0.15, -0.1) is 0 Å². The van der Waals surface area contributed by atoms with E-state index in [2.05, 4.69) is 27.2 Å². The largest absolute Gasteiger partial charge is 0.481 e. The minimum atomic E-state index is -0.613. The Labute approximate surface area is 183 Å². The summed E-state index contributed by atoms with van der Waals surface area (Å²) in [5.74, 6) is 0.522. The van der Waals surface area contributed by atoms with Crippen molar-refractivity contribution < 1.29 is 19.0 Å². The summed E-state index contributed by atoms with van der Waals surface area (Å²) < 4.78 is 16.9. The molecule has 2 aromatic carbocycles. The van der Waals surface area contributed by atoms with Gasteiger partial charge >= 0.3 is 0 Å². The summed E-state index contributed by atoms with van der Waals surface area (Å²) in [5.41, 5.74) is 4.05. The Kier molecular flexibility index (Phi) is 6.94. The fraction of sp³-hybridized carbons (Fsp3) is 0.458. The van der Waals surface area contributed by atoms with Crippen LogP contribution in [-0.4, -0.2) is 64.6 Å². The van der Waals surface area contributed by atoms with Crippen LogP contribution in [0.2, 0.25) is 0 Å². The van der Waals surface area contributed by atoms with E-state index in [1.54, 1.807) is 6.92 Å².